The van der Waals surface area contributed by atoms with Gasteiger partial charge in [0.2, 0.25) is 19.0 Å². The van der Waals surface area contributed by atoms with Crippen LogP contribution in [0, 0.1) is 0 Å². The fourth-order valence-corrected chi connectivity index (χ4v) is 6.85. The van der Waals surface area contributed by atoms with Crippen LogP contribution in [-0.2, 0) is 39.3 Å². The zero-order chi connectivity index (χ0) is 33.0. The van der Waals surface area contributed by atoms with Gasteiger partial charge in [-0.2, -0.15) is 0 Å². The molecule has 0 aliphatic carbocycles. The first-order valence-corrected chi connectivity index (χ1v) is 20.4. The second kappa shape index (κ2) is 26.6. The van der Waals surface area contributed by atoms with E-state index in [1.807, 2.05) is 0 Å². The van der Waals surface area contributed by atoms with Gasteiger partial charge in [0.25, 0.3) is 0 Å². The molecule has 6 nitrogen and oxygen atoms in total. The molecule has 6 heteroatoms. The Morgan fingerprint density at radius 1 is 0.319 bits per heavy atom. The molecule has 0 saturated heterocycles. The van der Waals surface area contributed by atoms with Crippen LogP contribution in [0.4, 0.5) is 0 Å². The maximum atomic E-state index is 2.38. The number of hydrogen-bond donors (Lipinski definition) is 0. The number of aryl methyl sites for hydroxylation is 6. The molecule has 0 aliphatic rings. The van der Waals surface area contributed by atoms with Gasteiger partial charge in [-0.05, 0) is 77.0 Å². The first-order chi connectivity index (χ1) is 23.3. The van der Waals surface area contributed by atoms with Gasteiger partial charge in [-0.1, -0.05) is 90.9 Å². The van der Waals surface area contributed by atoms with E-state index in [0.29, 0.717) is 0 Å². The van der Waals surface area contributed by atoms with E-state index < -0.39 is 0 Å². The number of aromatic nitrogens is 6. The maximum absolute atomic E-state index is 2.38. The minimum absolute atomic E-state index is 1.14. The second-order valence-corrected chi connectivity index (χ2v) is 14.4. The summed E-state index contributed by atoms with van der Waals surface area (Å²) in [5, 5.41) is 0. The van der Waals surface area contributed by atoms with Gasteiger partial charge in [0.05, 0.1) is 39.3 Å². The number of hydrogen-bond acceptors (Lipinski definition) is 0. The van der Waals surface area contributed by atoms with E-state index in [1.54, 1.807) is 0 Å². The van der Waals surface area contributed by atoms with Gasteiger partial charge in [-0.15, -0.1) is 0 Å². The molecule has 3 rings (SSSR count). The van der Waals surface area contributed by atoms with Gasteiger partial charge in [0.15, 0.2) is 0 Å². The number of imidazole rings is 3. The van der Waals surface area contributed by atoms with E-state index in [-0.39, 0.29) is 0 Å². The third kappa shape index (κ3) is 19.3. The zero-order valence-corrected chi connectivity index (χ0v) is 31.1. The van der Waals surface area contributed by atoms with Gasteiger partial charge in [-0.3, -0.25) is 0 Å². The van der Waals surface area contributed by atoms with Crippen LogP contribution in [0.2, 0.25) is 0 Å². The van der Waals surface area contributed by atoms with Crippen LogP contribution in [0.25, 0.3) is 0 Å². The summed E-state index contributed by atoms with van der Waals surface area (Å²) in [5.41, 5.74) is 0. The normalized spacial score (nSPS) is 11.6. The van der Waals surface area contributed by atoms with Crippen LogP contribution >= 0.6 is 0 Å². The molecule has 266 valence electrons. The number of nitrogens with zero attached hydrogens (tertiary/aromatic N) is 6. The number of rotatable bonds is 32. The Kier molecular flexibility index (Phi) is 22.1. The summed E-state index contributed by atoms with van der Waals surface area (Å²) in [6, 6.07) is 0. The summed E-state index contributed by atoms with van der Waals surface area (Å²) in [6.45, 7) is 11.5. The molecule has 0 N–H and O–H groups in total. The van der Waals surface area contributed by atoms with Crippen molar-refractivity contribution in [2.75, 3.05) is 0 Å². The van der Waals surface area contributed by atoms with Crippen LogP contribution < -0.4 is 13.7 Å². The molecule has 0 aliphatic heterocycles. The van der Waals surface area contributed by atoms with Crippen LogP contribution in [0.15, 0.2) is 56.2 Å². The summed E-state index contributed by atoms with van der Waals surface area (Å²) >= 11 is 0. The van der Waals surface area contributed by atoms with Gasteiger partial charge >= 0.3 is 0 Å². The average molecular weight is 652 g/mol. The highest BCUT2D eigenvalue weighted by atomic mass is 15.1. The maximum Gasteiger partial charge on any atom is 0.243 e. The van der Waals surface area contributed by atoms with E-state index in [0.717, 1.165) is 26.2 Å². The predicted octanol–water partition coefficient (Wildman–Crippen LogP) is 9.76. The smallest absolute Gasteiger partial charge is 0.237 e. The van der Waals surface area contributed by atoms with Crippen LogP contribution in [0.5, 0.6) is 0 Å². The molecular weight excluding hydrogens is 576 g/mol. The lowest BCUT2D eigenvalue weighted by Crippen LogP contribution is -2.31. The van der Waals surface area contributed by atoms with Crippen molar-refractivity contribution in [2.24, 2.45) is 0 Å². The fraction of sp³-hybridized carbons (Fsp3) is 0.780. The van der Waals surface area contributed by atoms with Crippen molar-refractivity contribution < 1.29 is 13.7 Å². The molecule has 3 heterocycles. The Balaban J connectivity index is 1.11. The van der Waals surface area contributed by atoms with Crippen molar-refractivity contribution in [2.45, 2.75) is 207 Å². The van der Waals surface area contributed by atoms with Crippen LogP contribution in [0.1, 0.15) is 168 Å². The van der Waals surface area contributed by atoms with Crippen molar-refractivity contribution in [3.63, 3.8) is 0 Å². The van der Waals surface area contributed by atoms with Gasteiger partial charge in [-0.25, -0.2) is 27.4 Å². The summed E-state index contributed by atoms with van der Waals surface area (Å²) in [4.78, 5) is 0. The van der Waals surface area contributed by atoms with Crippen LogP contribution in [0.3, 0.4) is 0 Å². The first kappa shape index (κ1) is 39.1. The molecular formula is C41H75N6+3. The van der Waals surface area contributed by atoms with Gasteiger partial charge in [0, 0.05) is 0 Å². The zero-order valence-electron chi connectivity index (χ0n) is 31.1. The largest absolute Gasteiger partial charge is 0.243 e. The van der Waals surface area contributed by atoms with Gasteiger partial charge < -0.3 is 0 Å². The van der Waals surface area contributed by atoms with Crippen molar-refractivity contribution in [1.82, 2.24) is 13.7 Å². The molecule has 0 fully saturated rings. The molecule has 0 radical (unpaired) electrons. The fourth-order valence-electron chi connectivity index (χ4n) is 6.85. The summed E-state index contributed by atoms with van der Waals surface area (Å²) < 4.78 is 14.3. The van der Waals surface area contributed by atoms with Gasteiger partial charge in [0.1, 0.15) is 37.2 Å². The molecule has 0 bridgehead atoms. The molecule has 0 amide bonds. The lowest BCUT2D eigenvalue weighted by atomic mass is 10.1. The predicted molar refractivity (Wildman–Crippen MR) is 196 cm³/mol. The standard InChI is InChI=1S/C41H75N6/c1-3-5-7-9-11-13-15-21-27-42-33-35-44(39-42)29-23-17-19-25-31-46-37-38-47(41-46)32-26-20-18-24-30-45-36-34-43(40-45)28-22-16-14-12-10-8-6-4-2/h33-41H,3-32H2,1-2H3/q+3. The lowest BCUT2D eigenvalue weighted by molar-refractivity contribution is -0.697. The third-order valence-corrected chi connectivity index (χ3v) is 9.94. The van der Waals surface area contributed by atoms with Crippen molar-refractivity contribution in [3.05, 3.63) is 56.2 Å². The molecule has 0 atom stereocenters. The Morgan fingerprint density at radius 3 is 0.872 bits per heavy atom. The molecule has 0 unspecified atom stereocenters. The van der Waals surface area contributed by atoms with E-state index in [4.69, 9.17) is 0 Å². The van der Waals surface area contributed by atoms with Crippen molar-refractivity contribution in [3.8, 4) is 0 Å². The minimum atomic E-state index is 1.14. The highest BCUT2D eigenvalue weighted by Gasteiger charge is 2.07. The highest BCUT2D eigenvalue weighted by molar-refractivity contribution is 4.68. The SMILES string of the molecule is CCCCCCCCCC[n+]1ccn(CCCCCCn2cc[n+](CCCCCCn3cc[n+](CCCCCCCCCC)c3)c2)c1. The monoisotopic (exact) mass is 652 g/mol. The molecule has 0 aromatic carbocycles. The summed E-state index contributed by atoms with van der Waals surface area (Å²) in [5.74, 6) is 0. The minimum Gasteiger partial charge on any atom is -0.237 e. The van der Waals surface area contributed by atoms with Crippen molar-refractivity contribution >= 4 is 0 Å². The molecule has 47 heavy (non-hydrogen) atoms. The van der Waals surface area contributed by atoms with E-state index >= 15 is 0 Å². The average Bonchev–Trinajstić information content (AvgIpc) is 3.85. The Morgan fingerprint density at radius 2 is 0.574 bits per heavy atom. The molecule has 0 saturated carbocycles. The summed E-state index contributed by atoms with van der Waals surface area (Å²) in [6.07, 6.45) is 53.2. The molecule has 0 spiro atoms. The Bertz CT molecular complexity index is 1030. The topological polar surface area (TPSA) is 26.4 Å². The third-order valence-electron chi connectivity index (χ3n) is 9.94. The van der Waals surface area contributed by atoms with E-state index in [1.165, 1.54) is 167 Å². The van der Waals surface area contributed by atoms with Crippen molar-refractivity contribution in [1.29, 1.82) is 0 Å². The van der Waals surface area contributed by atoms with E-state index in [9.17, 15) is 0 Å². The first-order valence-electron chi connectivity index (χ1n) is 20.4. The molecule has 3 aromatic rings. The Hall–Kier alpha value is -2.37. The van der Waals surface area contributed by atoms with Crippen LogP contribution in [-0.4, -0.2) is 13.7 Å². The molecule has 3 aromatic heterocycles. The quantitative estimate of drug-likeness (QED) is 0.0475. The highest BCUT2D eigenvalue weighted by Crippen LogP contribution is 2.10. The van der Waals surface area contributed by atoms with E-state index in [2.05, 4.69) is 97.4 Å². The Labute approximate surface area is 290 Å². The number of unbranched alkanes of at least 4 members (excludes halogenated alkanes) is 20. The lowest BCUT2D eigenvalue weighted by Gasteiger charge is -2.01. The summed E-state index contributed by atoms with van der Waals surface area (Å²) in [7, 11) is 0. The second-order valence-electron chi connectivity index (χ2n) is 14.4.